The third-order valence-corrected chi connectivity index (χ3v) is 3.79. The van der Waals surface area contributed by atoms with Crippen molar-refractivity contribution < 1.29 is 0 Å². The predicted octanol–water partition coefficient (Wildman–Crippen LogP) is 2.87. The Morgan fingerprint density at radius 3 is 2.59 bits per heavy atom. The number of hydrogen-bond acceptors (Lipinski definition) is 2. The van der Waals surface area contributed by atoms with Gasteiger partial charge in [-0.25, -0.2) is 0 Å². The maximum absolute atomic E-state index is 6.29. The van der Waals surface area contributed by atoms with Crippen molar-refractivity contribution in [2.75, 3.05) is 19.6 Å². The van der Waals surface area contributed by atoms with Gasteiger partial charge in [-0.1, -0.05) is 30.7 Å². The lowest BCUT2D eigenvalue weighted by Crippen LogP contribution is -2.32. The number of piperidine rings is 1. The molecule has 0 amide bonds. The molecule has 17 heavy (non-hydrogen) atoms. The van der Waals surface area contributed by atoms with E-state index in [0.717, 1.165) is 13.0 Å². The van der Waals surface area contributed by atoms with Gasteiger partial charge in [-0.15, -0.1) is 0 Å². The predicted molar refractivity (Wildman–Crippen MR) is 73.0 cm³/mol. The maximum atomic E-state index is 6.29. The fourth-order valence-electron chi connectivity index (χ4n) is 2.66. The number of benzene rings is 1. The molecule has 0 aromatic heterocycles. The molecule has 1 aromatic rings. The number of nitrogens with zero attached hydrogens (tertiary/aromatic N) is 1. The van der Waals surface area contributed by atoms with Crippen LogP contribution in [0.3, 0.4) is 0 Å². The van der Waals surface area contributed by atoms with E-state index in [0.29, 0.717) is 0 Å². The molecule has 1 heterocycles. The summed E-state index contributed by atoms with van der Waals surface area (Å²) in [7, 11) is 0. The molecule has 1 unspecified atom stereocenters. The van der Waals surface area contributed by atoms with Crippen molar-refractivity contribution in [2.24, 2.45) is 5.73 Å². The van der Waals surface area contributed by atoms with Crippen LogP contribution in [0.2, 0.25) is 0 Å². The van der Waals surface area contributed by atoms with Crippen molar-refractivity contribution in [3.63, 3.8) is 0 Å². The largest absolute Gasteiger partial charge is 0.324 e. The second kappa shape index (κ2) is 6.18. The first kappa shape index (κ1) is 12.6. The molecular weight excluding hydrogens is 208 g/mol. The first-order valence-corrected chi connectivity index (χ1v) is 6.81. The first-order valence-electron chi connectivity index (χ1n) is 6.81. The van der Waals surface area contributed by atoms with Crippen molar-refractivity contribution >= 4 is 0 Å². The van der Waals surface area contributed by atoms with Gasteiger partial charge >= 0.3 is 0 Å². The highest BCUT2D eigenvalue weighted by Crippen LogP contribution is 2.19. The summed E-state index contributed by atoms with van der Waals surface area (Å²) < 4.78 is 0. The lowest BCUT2D eigenvalue weighted by Gasteiger charge is -2.27. The summed E-state index contributed by atoms with van der Waals surface area (Å²) in [6.07, 6.45) is 5.20. The Hall–Kier alpha value is -0.860. The maximum Gasteiger partial charge on any atom is 0.0309 e. The summed E-state index contributed by atoms with van der Waals surface area (Å²) in [5, 5.41) is 0. The van der Waals surface area contributed by atoms with E-state index >= 15 is 0 Å². The van der Waals surface area contributed by atoms with Crippen molar-refractivity contribution in [1.29, 1.82) is 0 Å². The number of rotatable bonds is 4. The second-order valence-electron chi connectivity index (χ2n) is 5.15. The lowest BCUT2D eigenvalue weighted by molar-refractivity contribution is 0.221. The molecule has 2 rings (SSSR count). The second-order valence-corrected chi connectivity index (χ2v) is 5.15. The molecule has 94 valence electrons. The Bertz CT molecular complexity index is 343. The molecule has 1 fully saturated rings. The number of hydrogen-bond donors (Lipinski definition) is 1. The molecule has 1 aliphatic rings. The highest BCUT2D eigenvalue weighted by Gasteiger charge is 2.13. The van der Waals surface area contributed by atoms with Crippen molar-refractivity contribution in [2.45, 2.75) is 38.6 Å². The fourth-order valence-corrected chi connectivity index (χ4v) is 2.66. The monoisotopic (exact) mass is 232 g/mol. The topological polar surface area (TPSA) is 29.3 Å². The molecule has 0 bridgehead atoms. The fraction of sp³-hybridized carbons (Fsp3) is 0.600. The Morgan fingerprint density at radius 1 is 1.18 bits per heavy atom. The average Bonchev–Trinajstić information content (AvgIpc) is 2.38. The minimum atomic E-state index is 0.193. The summed E-state index contributed by atoms with van der Waals surface area (Å²) in [6, 6.07) is 8.67. The van der Waals surface area contributed by atoms with Crippen LogP contribution < -0.4 is 5.73 Å². The van der Waals surface area contributed by atoms with Gasteiger partial charge in [0.1, 0.15) is 0 Å². The molecule has 1 aliphatic heterocycles. The van der Waals surface area contributed by atoms with Gasteiger partial charge in [0.05, 0.1) is 0 Å². The van der Waals surface area contributed by atoms with E-state index in [1.165, 1.54) is 43.5 Å². The summed E-state index contributed by atoms with van der Waals surface area (Å²) in [4.78, 5) is 2.56. The van der Waals surface area contributed by atoms with Gasteiger partial charge in [0.25, 0.3) is 0 Å². The van der Waals surface area contributed by atoms with Crippen LogP contribution in [0.4, 0.5) is 0 Å². The normalized spacial score (nSPS) is 19.2. The molecule has 0 spiro atoms. The number of nitrogens with two attached hydrogens (primary N) is 1. The lowest BCUT2D eigenvalue weighted by atomic mass is 9.99. The molecule has 0 aliphatic carbocycles. The van der Waals surface area contributed by atoms with Gasteiger partial charge < -0.3 is 10.6 Å². The van der Waals surface area contributed by atoms with Crippen LogP contribution >= 0.6 is 0 Å². The molecule has 2 heteroatoms. The van der Waals surface area contributed by atoms with Gasteiger partial charge in [-0.2, -0.15) is 0 Å². The van der Waals surface area contributed by atoms with Gasteiger partial charge in [-0.3, -0.25) is 0 Å². The van der Waals surface area contributed by atoms with E-state index < -0.39 is 0 Å². The molecular formula is C15H24N2. The Kier molecular flexibility index (Phi) is 4.57. The minimum Gasteiger partial charge on any atom is -0.324 e. The van der Waals surface area contributed by atoms with E-state index in [-0.39, 0.29) is 6.04 Å². The van der Waals surface area contributed by atoms with Crippen LogP contribution in [-0.2, 0) is 0 Å². The molecule has 1 atom stereocenters. The van der Waals surface area contributed by atoms with Crippen LogP contribution in [0.25, 0.3) is 0 Å². The Labute approximate surface area is 105 Å². The van der Waals surface area contributed by atoms with Gasteiger partial charge in [0.15, 0.2) is 0 Å². The Morgan fingerprint density at radius 2 is 1.88 bits per heavy atom. The zero-order chi connectivity index (χ0) is 12.1. The third kappa shape index (κ3) is 3.55. The Balaban J connectivity index is 1.84. The molecule has 2 N–H and O–H groups in total. The standard InChI is InChI=1S/C15H24N2/c1-13-7-3-4-8-14(13)15(16)9-12-17-10-5-2-6-11-17/h3-4,7-8,15H,2,5-6,9-12,16H2,1H3. The highest BCUT2D eigenvalue weighted by atomic mass is 15.1. The van der Waals surface area contributed by atoms with E-state index in [1.807, 2.05) is 0 Å². The summed E-state index contributed by atoms with van der Waals surface area (Å²) in [5.74, 6) is 0. The quantitative estimate of drug-likeness (QED) is 0.865. The number of likely N-dealkylation sites (tertiary alicyclic amines) is 1. The van der Waals surface area contributed by atoms with Crippen LogP contribution in [0.15, 0.2) is 24.3 Å². The van der Waals surface area contributed by atoms with Gasteiger partial charge in [0, 0.05) is 6.04 Å². The zero-order valence-corrected chi connectivity index (χ0v) is 10.9. The van der Waals surface area contributed by atoms with Crippen LogP contribution in [0.5, 0.6) is 0 Å². The summed E-state index contributed by atoms with van der Waals surface area (Å²) in [5.41, 5.74) is 8.91. The molecule has 0 radical (unpaired) electrons. The third-order valence-electron chi connectivity index (χ3n) is 3.79. The van der Waals surface area contributed by atoms with Crippen molar-refractivity contribution in [3.8, 4) is 0 Å². The van der Waals surface area contributed by atoms with Crippen LogP contribution in [0, 0.1) is 6.92 Å². The van der Waals surface area contributed by atoms with Crippen LogP contribution in [-0.4, -0.2) is 24.5 Å². The smallest absolute Gasteiger partial charge is 0.0309 e. The molecule has 2 nitrogen and oxygen atoms in total. The van der Waals surface area contributed by atoms with Crippen LogP contribution in [0.1, 0.15) is 42.9 Å². The zero-order valence-electron chi connectivity index (χ0n) is 10.9. The minimum absolute atomic E-state index is 0.193. The van der Waals surface area contributed by atoms with Crippen molar-refractivity contribution in [3.05, 3.63) is 35.4 Å². The molecule has 1 saturated heterocycles. The van der Waals surface area contributed by atoms with E-state index in [2.05, 4.69) is 36.1 Å². The molecule has 1 aromatic carbocycles. The van der Waals surface area contributed by atoms with E-state index in [4.69, 9.17) is 5.73 Å². The summed E-state index contributed by atoms with van der Waals surface area (Å²) >= 11 is 0. The first-order chi connectivity index (χ1) is 8.27. The van der Waals surface area contributed by atoms with Gasteiger partial charge in [0.2, 0.25) is 0 Å². The van der Waals surface area contributed by atoms with Crippen molar-refractivity contribution in [1.82, 2.24) is 4.90 Å². The molecule has 0 saturated carbocycles. The summed E-state index contributed by atoms with van der Waals surface area (Å²) in [6.45, 7) is 5.83. The van der Waals surface area contributed by atoms with Gasteiger partial charge in [-0.05, 0) is 56.9 Å². The average molecular weight is 232 g/mol. The van der Waals surface area contributed by atoms with E-state index in [1.54, 1.807) is 0 Å². The SMILES string of the molecule is Cc1ccccc1C(N)CCN1CCCCC1. The highest BCUT2D eigenvalue weighted by molar-refractivity contribution is 5.28. The van der Waals surface area contributed by atoms with E-state index in [9.17, 15) is 0 Å². The number of aryl methyl sites for hydroxylation is 1.